The normalized spacial score (nSPS) is 16.8. The molecule has 0 spiro atoms. The Bertz CT molecular complexity index is 1090. The molecule has 0 saturated heterocycles. The molecule has 1 aliphatic rings. The van der Waals surface area contributed by atoms with Gasteiger partial charge in [0.05, 0.1) is 10.6 Å². The fourth-order valence-corrected chi connectivity index (χ4v) is 5.92. The van der Waals surface area contributed by atoms with Gasteiger partial charge in [0, 0.05) is 10.6 Å². The zero-order valence-corrected chi connectivity index (χ0v) is 16.0. The van der Waals surface area contributed by atoms with Crippen LogP contribution in [0.3, 0.4) is 0 Å². The summed E-state index contributed by atoms with van der Waals surface area (Å²) in [7, 11) is -3.68. The van der Waals surface area contributed by atoms with E-state index in [9.17, 15) is 8.42 Å². The lowest BCUT2D eigenvalue weighted by Gasteiger charge is -2.23. The Kier molecular flexibility index (Phi) is 4.34. The van der Waals surface area contributed by atoms with Crippen LogP contribution in [0.2, 0.25) is 5.02 Å². The molecule has 0 N–H and O–H groups in total. The predicted molar refractivity (Wildman–Crippen MR) is 101 cm³/mol. The summed E-state index contributed by atoms with van der Waals surface area (Å²) >= 11 is 7.10. The van der Waals surface area contributed by atoms with E-state index in [0.29, 0.717) is 27.3 Å². The van der Waals surface area contributed by atoms with Gasteiger partial charge in [-0.1, -0.05) is 53.7 Å². The number of halogens is 1. The van der Waals surface area contributed by atoms with Crippen LogP contribution < -0.4 is 0 Å². The quantitative estimate of drug-likeness (QED) is 0.668. The number of aromatic nitrogens is 3. The van der Waals surface area contributed by atoms with Gasteiger partial charge in [-0.05, 0) is 31.2 Å². The third kappa shape index (κ3) is 2.94. The second-order valence-electron chi connectivity index (χ2n) is 5.64. The highest BCUT2D eigenvalue weighted by molar-refractivity contribution is 8.14. The Morgan fingerprint density at radius 1 is 1.04 bits per heavy atom. The van der Waals surface area contributed by atoms with Gasteiger partial charge < -0.3 is 0 Å². The predicted octanol–water partition coefficient (Wildman–Crippen LogP) is 3.40. The van der Waals surface area contributed by atoms with Crippen molar-refractivity contribution < 1.29 is 8.42 Å². The molecule has 4 rings (SSSR count). The lowest BCUT2D eigenvalue weighted by Crippen LogP contribution is -2.32. The van der Waals surface area contributed by atoms with Crippen LogP contribution in [0.4, 0.5) is 0 Å². The van der Waals surface area contributed by atoms with Crippen LogP contribution in [-0.4, -0.2) is 33.6 Å². The molecular formula is C17H13ClN4O2S2. The molecule has 26 heavy (non-hydrogen) atoms. The van der Waals surface area contributed by atoms with Crippen LogP contribution in [0.1, 0.15) is 11.4 Å². The summed E-state index contributed by atoms with van der Waals surface area (Å²) in [5.41, 5.74) is 1.11. The Morgan fingerprint density at radius 3 is 2.42 bits per heavy atom. The van der Waals surface area contributed by atoms with Crippen LogP contribution in [0.15, 0.2) is 69.8 Å². The lowest BCUT2D eigenvalue weighted by molar-refractivity contribution is 0.597. The van der Waals surface area contributed by atoms with E-state index in [4.69, 9.17) is 11.6 Å². The number of nitrogens with zero attached hydrogens (tertiary/aromatic N) is 4. The molecule has 2 heterocycles. The fourth-order valence-electron chi connectivity index (χ4n) is 2.59. The number of fused-ring (bicyclic) bond motifs is 1. The van der Waals surface area contributed by atoms with E-state index < -0.39 is 14.4 Å². The average Bonchev–Trinajstić information content (AvgIpc) is 3.02. The minimum atomic E-state index is -3.68. The van der Waals surface area contributed by atoms with Gasteiger partial charge in [-0.15, -0.1) is 10.2 Å². The molecule has 0 aliphatic carbocycles. The maximum Gasteiger partial charge on any atom is 0.213 e. The molecule has 132 valence electrons. The maximum atomic E-state index is 13.3. The molecule has 0 radical (unpaired) electrons. The SMILES string of the molecule is Cc1nnc2n1N=C(c1ccc(Cl)cc1)C(S(=O)(=O)c1ccccc1)S2. The Hall–Kier alpha value is -2.16. The second kappa shape index (κ2) is 6.53. The first kappa shape index (κ1) is 17.3. The minimum absolute atomic E-state index is 0.240. The highest BCUT2D eigenvalue weighted by atomic mass is 35.5. The van der Waals surface area contributed by atoms with Crippen LogP contribution in [0, 0.1) is 6.92 Å². The molecule has 6 nitrogen and oxygen atoms in total. The van der Waals surface area contributed by atoms with Gasteiger partial charge in [0.1, 0.15) is 0 Å². The molecular weight excluding hydrogens is 392 g/mol. The molecule has 1 unspecified atom stereocenters. The summed E-state index contributed by atoms with van der Waals surface area (Å²) in [6.45, 7) is 1.77. The van der Waals surface area contributed by atoms with Crippen molar-refractivity contribution in [1.82, 2.24) is 14.9 Å². The van der Waals surface area contributed by atoms with Crippen molar-refractivity contribution in [2.24, 2.45) is 5.10 Å². The zero-order valence-electron chi connectivity index (χ0n) is 13.6. The van der Waals surface area contributed by atoms with Crippen molar-refractivity contribution in [3.8, 4) is 0 Å². The number of thioether (sulfide) groups is 1. The number of benzene rings is 2. The first-order valence-electron chi connectivity index (χ1n) is 7.69. The van der Waals surface area contributed by atoms with Crippen LogP contribution >= 0.6 is 23.4 Å². The van der Waals surface area contributed by atoms with Crippen molar-refractivity contribution >= 4 is 38.9 Å². The van der Waals surface area contributed by atoms with E-state index in [1.807, 2.05) is 0 Å². The molecule has 9 heteroatoms. The Balaban J connectivity index is 1.89. The molecule has 0 fully saturated rings. The fraction of sp³-hybridized carbons (Fsp3) is 0.118. The zero-order chi connectivity index (χ0) is 18.3. The number of sulfone groups is 1. The number of rotatable bonds is 3. The van der Waals surface area contributed by atoms with Gasteiger partial charge in [0.2, 0.25) is 5.16 Å². The van der Waals surface area contributed by atoms with Crippen molar-refractivity contribution in [2.75, 3.05) is 0 Å². The van der Waals surface area contributed by atoms with E-state index in [1.165, 1.54) is 0 Å². The summed E-state index contributed by atoms with van der Waals surface area (Å²) < 4.78 is 27.2. The number of aryl methyl sites for hydroxylation is 1. The van der Waals surface area contributed by atoms with E-state index in [1.54, 1.807) is 66.2 Å². The van der Waals surface area contributed by atoms with Gasteiger partial charge in [-0.25, -0.2) is 8.42 Å². The monoisotopic (exact) mass is 404 g/mol. The van der Waals surface area contributed by atoms with E-state index in [-0.39, 0.29) is 4.90 Å². The number of hydrogen-bond donors (Lipinski definition) is 0. The summed E-state index contributed by atoms with van der Waals surface area (Å²) in [6, 6.07) is 15.3. The average molecular weight is 405 g/mol. The van der Waals surface area contributed by atoms with Crippen molar-refractivity contribution in [3.05, 3.63) is 71.0 Å². The topological polar surface area (TPSA) is 77.2 Å². The van der Waals surface area contributed by atoms with Crippen molar-refractivity contribution in [1.29, 1.82) is 0 Å². The molecule has 0 saturated carbocycles. The molecule has 0 bridgehead atoms. The maximum absolute atomic E-state index is 13.3. The Morgan fingerprint density at radius 2 is 1.73 bits per heavy atom. The smallest absolute Gasteiger partial charge is 0.213 e. The molecule has 1 aliphatic heterocycles. The number of hydrogen-bond acceptors (Lipinski definition) is 6. The molecule has 1 aromatic heterocycles. The summed E-state index contributed by atoms with van der Waals surface area (Å²) in [4.78, 5) is 0.240. The Labute approximate surface area is 159 Å². The molecule has 2 aromatic carbocycles. The van der Waals surface area contributed by atoms with Gasteiger partial charge in [0.25, 0.3) is 0 Å². The first-order valence-corrected chi connectivity index (χ1v) is 10.5. The van der Waals surface area contributed by atoms with Crippen LogP contribution in [-0.2, 0) is 9.84 Å². The first-order chi connectivity index (χ1) is 12.5. The van der Waals surface area contributed by atoms with Gasteiger partial charge in [-0.2, -0.15) is 9.78 Å². The minimum Gasteiger partial charge on any atom is -0.222 e. The molecule has 1 atom stereocenters. The third-order valence-electron chi connectivity index (χ3n) is 3.90. The van der Waals surface area contributed by atoms with E-state index in [2.05, 4.69) is 15.3 Å². The summed E-state index contributed by atoms with van der Waals surface area (Å²) in [5.74, 6) is 0.592. The summed E-state index contributed by atoms with van der Waals surface area (Å²) in [5, 5.41) is 13.6. The van der Waals surface area contributed by atoms with Gasteiger partial charge >= 0.3 is 0 Å². The van der Waals surface area contributed by atoms with Crippen molar-refractivity contribution in [3.63, 3.8) is 0 Å². The van der Waals surface area contributed by atoms with E-state index >= 15 is 0 Å². The largest absolute Gasteiger partial charge is 0.222 e. The molecule has 3 aromatic rings. The van der Waals surface area contributed by atoms with Gasteiger partial charge in [-0.3, -0.25) is 0 Å². The van der Waals surface area contributed by atoms with Crippen molar-refractivity contribution in [2.45, 2.75) is 21.6 Å². The third-order valence-corrected chi connectivity index (χ3v) is 7.82. The highest BCUT2D eigenvalue weighted by Gasteiger charge is 2.38. The lowest BCUT2D eigenvalue weighted by atomic mass is 10.1. The summed E-state index contributed by atoms with van der Waals surface area (Å²) in [6.07, 6.45) is 0. The molecule has 0 amide bonds. The van der Waals surface area contributed by atoms with E-state index in [0.717, 1.165) is 11.8 Å². The standard InChI is InChI=1S/C17H13ClN4O2S2/c1-11-19-20-17-22(11)21-15(12-7-9-13(18)10-8-12)16(25-17)26(23,24)14-5-3-2-4-6-14/h2-10,16H,1H3. The van der Waals surface area contributed by atoms with Crippen LogP contribution in [0.5, 0.6) is 0 Å². The van der Waals surface area contributed by atoms with Crippen LogP contribution in [0.25, 0.3) is 0 Å². The second-order valence-corrected chi connectivity index (χ2v) is 9.48. The highest BCUT2D eigenvalue weighted by Crippen LogP contribution is 2.36. The van der Waals surface area contributed by atoms with Gasteiger partial charge in [0.15, 0.2) is 20.2 Å².